The molecule has 7 nitrogen and oxygen atoms in total. The Hall–Kier alpha value is -3.71. The Bertz CT molecular complexity index is 1270. The molecule has 0 aliphatic carbocycles. The van der Waals surface area contributed by atoms with E-state index in [0.29, 0.717) is 37.2 Å². The highest BCUT2D eigenvalue weighted by Crippen LogP contribution is 2.25. The van der Waals surface area contributed by atoms with Crippen LogP contribution in [0.15, 0.2) is 60.8 Å². The van der Waals surface area contributed by atoms with E-state index in [0.717, 1.165) is 40.7 Å². The van der Waals surface area contributed by atoms with Crippen molar-refractivity contribution in [3.05, 3.63) is 88.9 Å². The predicted octanol–water partition coefficient (Wildman–Crippen LogP) is 4.36. The van der Waals surface area contributed by atoms with E-state index in [9.17, 15) is 4.79 Å². The van der Waals surface area contributed by atoms with Gasteiger partial charge in [0.1, 0.15) is 11.5 Å². The number of hydrogen-bond donors (Lipinski definition) is 2. The van der Waals surface area contributed by atoms with Gasteiger partial charge in [-0.05, 0) is 49.1 Å². The second-order valence-corrected chi connectivity index (χ2v) is 7.99. The summed E-state index contributed by atoms with van der Waals surface area (Å²) in [5.74, 6) is 0.753. The van der Waals surface area contributed by atoms with E-state index >= 15 is 0 Å². The first-order valence-corrected chi connectivity index (χ1v) is 10.8. The van der Waals surface area contributed by atoms with Gasteiger partial charge >= 0.3 is 0 Å². The summed E-state index contributed by atoms with van der Waals surface area (Å²) in [5, 5.41) is 6.32. The van der Waals surface area contributed by atoms with Crippen LogP contribution in [0.1, 0.15) is 39.3 Å². The summed E-state index contributed by atoms with van der Waals surface area (Å²) in [4.78, 5) is 22.4. The first kappa shape index (κ1) is 20.2. The molecule has 0 fully saturated rings. The van der Waals surface area contributed by atoms with Crippen LogP contribution in [0.3, 0.4) is 0 Å². The molecule has 0 radical (unpaired) electrons. The molecule has 1 aliphatic heterocycles. The molecule has 7 heteroatoms. The average Bonchev–Trinajstić information content (AvgIpc) is 3.02. The number of carbonyl (C=O) groups is 1. The van der Waals surface area contributed by atoms with Crippen molar-refractivity contribution in [2.45, 2.75) is 32.9 Å². The van der Waals surface area contributed by atoms with Crippen LogP contribution >= 0.6 is 0 Å². The number of anilines is 2. The molecule has 3 aromatic heterocycles. The van der Waals surface area contributed by atoms with Gasteiger partial charge in [0.2, 0.25) is 5.95 Å². The second kappa shape index (κ2) is 8.80. The summed E-state index contributed by atoms with van der Waals surface area (Å²) in [6.07, 6.45) is 3.62. The molecule has 32 heavy (non-hydrogen) atoms. The Morgan fingerprint density at radius 1 is 1.12 bits per heavy atom. The number of nitrogens with one attached hydrogen (secondary N) is 2. The number of pyridine rings is 1. The number of carbonyl (C=O) groups excluding carboxylic acids is 1. The minimum atomic E-state index is -0.245. The summed E-state index contributed by atoms with van der Waals surface area (Å²) in [6, 6.07) is 17.8. The summed E-state index contributed by atoms with van der Waals surface area (Å²) in [6.45, 7) is 3.78. The smallest absolute Gasteiger partial charge is 0.274 e. The number of aryl methyl sites for hydroxylation is 2. The summed E-state index contributed by atoms with van der Waals surface area (Å²) >= 11 is 0. The lowest BCUT2D eigenvalue weighted by atomic mass is 10.1. The second-order valence-electron chi connectivity index (χ2n) is 7.99. The quantitative estimate of drug-likeness (QED) is 0.495. The molecular formula is C25H25N5O2. The van der Waals surface area contributed by atoms with Crippen molar-refractivity contribution in [1.82, 2.24) is 14.4 Å². The van der Waals surface area contributed by atoms with Gasteiger partial charge in [-0.25, -0.2) is 4.98 Å². The minimum absolute atomic E-state index is 0.245. The van der Waals surface area contributed by atoms with E-state index in [1.165, 1.54) is 0 Å². The van der Waals surface area contributed by atoms with Gasteiger partial charge in [0.25, 0.3) is 5.91 Å². The largest absolute Gasteiger partial charge is 0.377 e. The van der Waals surface area contributed by atoms with Gasteiger partial charge in [0.15, 0.2) is 0 Å². The number of hydrogen-bond acceptors (Lipinski definition) is 5. The molecule has 4 aromatic rings. The van der Waals surface area contributed by atoms with Crippen molar-refractivity contribution in [2.75, 3.05) is 17.2 Å². The van der Waals surface area contributed by atoms with Gasteiger partial charge in [-0.1, -0.05) is 36.4 Å². The Morgan fingerprint density at radius 2 is 2.00 bits per heavy atom. The van der Waals surface area contributed by atoms with E-state index in [1.807, 2.05) is 53.9 Å². The third-order valence-electron chi connectivity index (χ3n) is 5.57. The monoisotopic (exact) mass is 427 g/mol. The number of fused-ring (bicyclic) bond motifs is 2. The maximum atomic E-state index is 13.1. The molecule has 4 heterocycles. The number of benzene rings is 1. The van der Waals surface area contributed by atoms with Gasteiger partial charge in [0.05, 0.1) is 12.3 Å². The number of ether oxygens (including phenoxy) is 1. The van der Waals surface area contributed by atoms with E-state index in [2.05, 4.69) is 32.7 Å². The van der Waals surface area contributed by atoms with Gasteiger partial charge in [-0.2, -0.15) is 4.98 Å². The van der Waals surface area contributed by atoms with E-state index in [4.69, 9.17) is 4.74 Å². The fourth-order valence-corrected chi connectivity index (χ4v) is 4.01. The van der Waals surface area contributed by atoms with E-state index in [-0.39, 0.29) is 5.91 Å². The molecule has 0 unspecified atom stereocenters. The Morgan fingerprint density at radius 3 is 2.88 bits per heavy atom. The first-order valence-electron chi connectivity index (χ1n) is 10.8. The number of amides is 1. The van der Waals surface area contributed by atoms with E-state index < -0.39 is 0 Å². The van der Waals surface area contributed by atoms with Crippen LogP contribution in [0.2, 0.25) is 0 Å². The molecule has 162 valence electrons. The van der Waals surface area contributed by atoms with Crippen molar-refractivity contribution in [3.63, 3.8) is 0 Å². The molecular weight excluding hydrogens is 402 g/mol. The van der Waals surface area contributed by atoms with Crippen LogP contribution in [0, 0.1) is 6.92 Å². The molecule has 0 saturated carbocycles. The maximum absolute atomic E-state index is 13.1. The molecule has 0 saturated heterocycles. The maximum Gasteiger partial charge on any atom is 0.274 e. The van der Waals surface area contributed by atoms with Crippen molar-refractivity contribution in [3.8, 4) is 0 Å². The lowest BCUT2D eigenvalue weighted by molar-refractivity contribution is 0.102. The van der Waals surface area contributed by atoms with Crippen LogP contribution < -0.4 is 10.6 Å². The Kier molecular flexibility index (Phi) is 5.56. The molecule has 0 atom stereocenters. The molecule has 0 spiro atoms. The highest BCUT2D eigenvalue weighted by Gasteiger charge is 2.19. The number of aromatic nitrogens is 3. The third-order valence-corrected chi connectivity index (χ3v) is 5.57. The van der Waals surface area contributed by atoms with Gasteiger partial charge in [-0.15, -0.1) is 0 Å². The topological polar surface area (TPSA) is 80.5 Å². The summed E-state index contributed by atoms with van der Waals surface area (Å²) in [7, 11) is 0. The van der Waals surface area contributed by atoms with Crippen molar-refractivity contribution < 1.29 is 9.53 Å². The standard InChI is InChI=1S/C25H25N5O2/c1-17-13-19-9-5-11-22(30(19)15-17)24(31)29-25-27-21-10-6-12-32-16-20(21)23(28-25)26-14-18-7-3-2-4-8-18/h2-5,7-9,11,13,15H,6,10,12,14,16H2,1H3,(H2,26,27,28,29,31). The molecule has 1 aromatic carbocycles. The zero-order chi connectivity index (χ0) is 21.9. The van der Waals surface area contributed by atoms with Crippen molar-refractivity contribution in [2.24, 2.45) is 0 Å². The number of rotatable bonds is 5. The lowest BCUT2D eigenvalue weighted by Crippen LogP contribution is -2.19. The average molecular weight is 428 g/mol. The SMILES string of the molecule is Cc1cc2cccc(C(=O)Nc3nc4c(c(NCc5ccccc5)n3)COCCC4)n2c1. The molecule has 5 rings (SSSR count). The molecule has 0 bridgehead atoms. The zero-order valence-electron chi connectivity index (χ0n) is 18.0. The fraction of sp³-hybridized carbons (Fsp3) is 0.240. The van der Waals surface area contributed by atoms with Crippen molar-refractivity contribution in [1.29, 1.82) is 0 Å². The lowest BCUT2D eigenvalue weighted by Gasteiger charge is -2.15. The molecule has 1 amide bonds. The van der Waals surface area contributed by atoms with E-state index in [1.54, 1.807) is 6.07 Å². The van der Waals surface area contributed by atoms with Crippen LogP contribution in [-0.4, -0.2) is 26.9 Å². The molecule has 1 aliphatic rings. The summed E-state index contributed by atoms with van der Waals surface area (Å²) < 4.78 is 7.63. The molecule has 2 N–H and O–H groups in total. The van der Waals surface area contributed by atoms with Crippen LogP contribution in [0.25, 0.3) is 5.52 Å². The van der Waals surface area contributed by atoms with Crippen LogP contribution in [0.5, 0.6) is 0 Å². The van der Waals surface area contributed by atoms with Gasteiger partial charge in [0, 0.05) is 30.4 Å². The predicted molar refractivity (Wildman–Crippen MR) is 124 cm³/mol. The number of nitrogens with zero attached hydrogens (tertiary/aromatic N) is 3. The normalized spacial score (nSPS) is 13.4. The van der Waals surface area contributed by atoms with Gasteiger partial charge in [-0.3, -0.25) is 10.1 Å². The third kappa shape index (κ3) is 4.20. The highest BCUT2D eigenvalue weighted by atomic mass is 16.5. The first-order chi connectivity index (χ1) is 15.7. The highest BCUT2D eigenvalue weighted by molar-refractivity contribution is 6.02. The fourth-order valence-electron chi connectivity index (χ4n) is 4.01. The van der Waals surface area contributed by atoms with Crippen molar-refractivity contribution >= 4 is 23.2 Å². The minimum Gasteiger partial charge on any atom is -0.377 e. The van der Waals surface area contributed by atoms with Crippen LogP contribution in [0.4, 0.5) is 11.8 Å². The summed E-state index contributed by atoms with van der Waals surface area (Å²) in [5.41, 5.74) is 5.63. The van der Waals surface area contributed by atoms with Crippen LogP contribution in [-0.2, 0) is 24.3 Å². The Labute approximate surface area is 186 Å². The Balaban J connectivity index is 1.45. The van der Waals surface area contributed by atoms with Gasteiger partial charge < -0.3 is 14.5 Å². The zero-order valence-corrected chi connectivity index (χ0v) is 18.0.